The lowest BCUT2D eigenvalue weighted by Crippen LogP contribution is -2.19. The van der Waals surface area contributed by atoms with Crippen LogP contribution in [0.15, 0.2) is 24.3 Å². The number of ether oxygens (including phenoxy) is 2. The fraction of sp³-hybridized carbons (Fsp3) is 0.571. The summed E-state index contributed by atoms with van der Waals surface area (Å²) in [6.07, 6.45) is 9.84. The van der Waals surface area contributed by atoms with E-state index in [1.165, 1.54) is 13.0 Å². The Morgan fingerprint density at radius 1 is 1.67 bits per heavy atom. The predicted octanol–water partition coefficient (Wildman–Crippen LogP) is 2.54. The van der Waals surface area contributed by atoms with E-state index >= 15 is 0 Å². The van der Waals surface area contributed by atoms with Crippen LogP contribution >= 0.6 is 0 Å². The van der Waals surface area contributed by atoms with Gasteiger partial charge in [0.1, 0.15) is 12.2 Å². The normalized spacial score (nSPS) is 20.8. The number of esters is 2. The molecule has 0 amide bonds. The summed E-state index contributed by atoms with van der Waals surface area (Å²) >= 11 is 0. The van der Waals surface area contributed by atoms with Crippen LogP contribution in [0.4, 0.5) is 0 Å². The van der Waals surface area contributed by atoms with E-state index in [-0.39, 0.29) is 24.1 Å². The first-order chi connectivity index (χ1) is 8.61. The lowest BCUT2D eigenvalue weighted by atomic mass is 10.1. The summed E-state index contributed by atoms with van der Waals surface area (Å²) < 4.78 is 10.3. The zero-order chi connectivity index (χ0) is 13.4. The van der Waals surface area contributed by atoms with Gasteiger partial charge in [-0.05, 0) is 25.0 Å². The second kappa shape index (κ2) is 7.69. The molecule has 1 aliphatic heterocycles. The quantitative estimate of drug-likeness (QED) is 0.538. The Kier molecular flexibility index (Phi) is 6.19. The van der Waals surface area contributed by atoms with Gasteiger partial charge in [-0.3, -0.25) is 4.79 Å². The molecule has 0 aromatic heterocycles. The molecular formula is C14H20O4. The number of carbonyl (C=O) groups is 2. The Balaban J connectivity index is 2.50. The molecule has 0 saturated heterocycles. The van der Waals surface area contributed by atoms with E-state index in [9.17, 15) is 9.59 Å². The fourth-order valence-electron chi connectivity index (χ4n) is 1.71. The Hall–Kier alpha value is -1.58. The molecule has 4 heteroatoms. The first kappa shape index (κ1) is 14.5. The summed E-state index contributed by atoms with van der Waals surface area (Å²) in [5.74, 6) is -0.616. The highest BCUT2D eigenvalue weighted by Crippen LogP contribution is 2.12. The minimum absolute atomic E-state index is 0.230. The van der Waals surface area contributed by atoms with Crippen molar-refractivity contribution in [3.05, 3.63) is 24.3 Å². The smallest absolute Gasteiger partial charge is 0.331 e. The maximum Gasteiger partial charge on any atom is 0.331 e. The topological polar surface area (TPSA) is 52.6 Å². The molecule has 100 valence electrons. The molecule has 0 spiro atoms. The van der Waals surface area contributed by atoms with Gasteiger partial charge in [0.2, 0.25) is 0 Å². The molecule has 2 unspecified atom stereocenters. The van der Waals surface area contributed by atoms with E-state index < -0.39 is 0 Å². The van der Waals surface area contributed by atoms with Gasteiger partial charge in [0.25, 0.3) is 0 Å². The molecule has 4 nitrogen and oxygen atoms in total. The van der Waals surface area contributed by atoms with E-state index in [1.54, 1.807) is 12.2 Å². The van der Waals surface area contributed by atoms with E-state index in [2.05, 4.69) is 6.92 Å². The van der Waals surface area contributed by atoms with Gasteiger partial charge < -0.3 is 9.47 Å². The number of carbonyl (C=O) groups excluding carboxylic acids is 2. The molecule has 0 bridgehead atoms. The van der Waals surface area contributed by atoms with Crippen LogP contribution in [0.3, 0.4) is 0 Å². The van der Waals surface area contributed by atoms with Crippen molar-refractivity contribution in [1.29, 1.82) is 0 Å². The third-order valence-corrected chi connectivity index (χ3v) is 2.59. The summed E-state index contributed by atoms with van der Waals surface area (Å²) in [6.45, 7) is 3.48. The SMILES string of the molecule is CCCCC(C=CC1CC=CC(=O)O1)OC(C)=O. The van der Waals surface area contributed by atoms with Crippen LogP contribution in [0, 0.1) is 0 Å². The van der Waals surface area contributed by atoms with Gasteiger partial charge in [0.15, 0.2) is 0 Å². The first-order valence-electron chi connectivity index (χ1n) is 6.34. The van der Waals surface area contributed by atoms with E-state index in [0.29, 0.717) is 6.42 Å². The minimum atomic E-state index is -0.325. The van der Waals surface area contributed by atoms with Crippen molar-refractivity contribution in [2.24, 2.45) is 0 Å². The zero-order valence-corrected chi connectivity index (χ0v) is 10.9. The molecule has 2 atom stereocenters. The van der Waals surface area contributed by atoms with Crippen LogP contribution in [-0.2, 0) is 19.1 Å². The van der Waals surface area contributed by atoms with Gasteiger partial charge in [-0.1, -0.05) is 19.4 Å². The van der Waals surface area contributed by atoms with Crippen molar-refractivity contribution in [3.63, 3.8) is 0 Å². The van der Waals surface area contributed by atoms with Gasteiger partial charge in [-0.15, -0.1) is 0 Å². The summed E-state index contributed by atoms with van der Waals surface area (Å²) in [4.78, 5) is 22.0. The molecule has 0 aromatic carbocycles. The standard InChI is InChI=1S/C14H20O4/c1-3-4-6-12(17-11(2)15)9-10-13-7-5-8-14(16)18-13/h5,8-10,12-13H,3-4,6-7H2,1-2H3. The molecule has 0 aromatic rings. The lowest BCUT2D eigenvalue weighted by Gasteiger charge is -2.17. The van der Waals surface area contributed by atoms with Crippen molar-refractivity contribution in [2.45, 2.75) is 51.7 Å². The van der Waals surface area contributed by atoms with Gasteiger partial charge in [-0.25, -0.2) is 4.79 Å². The number of hydrogen-bond donors (Lipinski definition) is 0. The minimum Gasteiger partial charge on any atom is -0.458 e. The van der Waals surface area contributed by atoms with Gasteiger partial charge >= 0.3 is 11.9 Å². The summed E-state index contributed by atoms with van der Waals surface area (Å²) in [5.41, 5.74) is 0. The monoisotopic (exact) mass is 252 g/mol. The third-order valence-electron chi connectivity index (χ3n) is 2.59. The molecule has 0 aliphatic carbocycles. The molecule has 0 radical (unpaired) electrons. The highest BCUT2D eigenvalue weighted by Gasteiger charge is 2.14. The van der Waals surface area contributed by atoms with Crippen LogP contribution in [0.2, 0.25) is 0 Å². The second-order valence-electron chi connectivity index (χ2n) is 4.29. The van der Waals surface area contributed by atoms with Gasteiger partial charge in [0.05, 0.1) is 0 Å². The highest BCUT2D eigenvalue weighted by molar-refractivity contribution is 5.82. The molecule has 0 fully saturated rings. The first-order valence-corrected chi connectivity index (χ1v) is 6.34. The number of cyclic esters (lactones) is 1. The van der Waals surface area contributed by atoms with Crippen molar-refractivity contribution >= 4 is 11.9 Å². The average molecular weight is 252 g/mol. The molecule has 0 saturated carbocycles. The summed E-state index contributed by atoms with van der Waals surface area (Å²) in [5, 5.41) is 0. The van der Waals surface area contributed by atoms with Crippen LogP contribution in [0.1, 0.15) is 39.5 Å². The average Bonchev–Trinajstić information content (AvgIpc) is 2.32. The van der Waals surface area contributed by atoms with Crippen molar-refractivity contribution in [1.82, 2.24) is 0 Å². The van der Waals surface area contributed by atoms with Gasteiger partial charge in [0, 0.05) is 19.4 Å². The summed E-state index contributed by atoms with van der Waals surface area (Å²) in [7, 11) is 0. The predicted molar refractivity (Wildman–Crippen MR) is 67.9 cm³/mol. The molecule has 1 aliphatic rings. The molecule has 0 N–H and O–H groups in total. The van der Waals surface area contributed by atoms with Crippen molar-refractivity contribution in [3.8, 4) is 0 Å². The fourth-order valence-corrected chi connectivity index (χ4v) is 1.71. The molecule has 1 rings (SSSR count). The maximum absolute atomic E-state index is 11.0. The van der Waals surface area contributed by atoms with E-state index in [1.807, 2.05) is 6.08 Å². The van der Waals surface area contributed by atoms with E-state index in [0.717, 1.165) is 19.3 Å². The third kappa shape index (κ3) is 5.66. The zero-order valence-electron chi connectivity index (χ0n) is 10.9. The molecule has 18 heavy (non-hydrogen) atoms. The lowest BCUT2D eigenvalue weighted by molar-refractivity contribution is -0.145. The van der Waals surface area contributed by atoms with Crippen LogP contribution in [0.25, 0.3) is 0 Å². The Morgan fingerprint density at radius 3 is 3.06 bits per heavy atom. The largest absolute Gasteiger partial charge is 0.458 e. The van der Waals surface area contributed by atoms with Crippen LogP contribution in [-0.4, -0.2) is 24.1 Å². The Bertz CT molecular complexity index is 344. The Labute approximate surface area is 108 Å². The van der Waals surface area contributed by atoms with Crippen LogP contribution in [0.5, 0.6) is 0 Å². The van der Waals surface area contributed by atoms with E-state index in [4.69, 9.17) is 9.47 Å². The highest BCUT2D eigenvalue weighted by atomic mass is 16.5. The number of rotatable bonds is 6. The maximum atomic E-state index is 11.0. The second-order valence-corrected chi connectivity index (χ2v) is 4.29. The Morgan fingerprint density at radius 2 is 2.44 bits per heavy atom. The van der Waals surface area contributed by atoms with Crippen molar-refractivity contribution in [2.75, 3.05) is 0 Å². The number of hydrogen-bond acceptors (Lipinski definition) is 4. The summed E-state index contributed by atoms with van der Waals surface area (Å²) in [6, 6.07) is 0. The van der Waals surface area contributed by atoms with Crippen molar-refractivity contribution < 1.29 is 19.1 Å². The molecular weight excluding hydrogens is 232 g/mol. The number of unbranched alkanes of at least 4 members (excludes halogenated alkanes) is 1. The molecule has 1 heterocycles. The van der Waals surface area contributed by atoms with Crippen LogP contribution < -0.4 is 0 Å². The van der Waals surface area contributed by atoms with Gasteiger partial charge in [-0.2, -0.15) is 0 Å².